The summed E-state index contributed by atoms with van der Waals surface area (Å²) in [7, 11) is 0. The van der Waals surface area contributed by atoms with Crippen LogP contribution in [0.4, 0.5) is 10.5 Å². The van der Waals surface area contributed by atoms with Gasteiger partial charge in [0.15, 0.2) is 0 Å². The number of anilines is 1. The normalized spacial score (nSPS) is 17.6. The minimum absolute atomic E-state index is 0.0152. The van der Waals surface area contributed by atoms with Crippen molar-refractivity contribution in [1.82, 2.24) is 14.8 Å². The van der Waals surface area contributed by atoms with Gasteiger partial charge >= 0.3 is 12.1 Å². The smallest absolute Gasteiger partial charge is 0.416 e. The first-order chi connectivity index (χ1) is 21.3. The van der Waals surface area contributed by atoms with Crippen molar-refractivity contribution in [2.75, 3.05) is 31.6 Å². The number of likely N-dealkylation sites (tertiary alicyclic amines) is 2. The van der Waals surface area contributed by atoms with E-state index in [1.165, 1.54) is 31.0 Å². The SMILES string of the molecule is CC1CCCCN1Cc1ccc(C(=O)Nc2ccc(OC(=O)N3CCC(COc4ccc(CC(=O)O)cc4)CC3)nc2)cc1. The number of piperidine rings is 2. The number of aliphatic carboxylic acids is 1. The van der Waals surface area contributed by atoms with Crippen LogP contribution in [0.2, 0.25) is 0 Å². The van der Waals surface area contributed by atoms with Gasteiger partial charge in [-0.05, 0) is 86.5 Å². The van der Waals surface area contributed by atoms with E-state index in [4.69, 9.17) is 14.6 Å². The monoisotopic (exact) mass is 600 g/mol. The molecule has 2 saturated heterocycles. The van der Waals surface area contributed by atoms with Crippen LogP contribution in [0.1, 0.15) is 60.5 Å². The van der Waals surface area contributed by atoms with E-state index in [0.29, 0.717) is 48.7 Å². The first-order valence-electron chi connectivity index (χ1n) is 15.3. The molecule has 3 aromatic rings. The molecule has 10 heteroatoms. The number of hydrogen-bond donors (Lipinski definition) is 2. The average Bonchev–Trinajstić information content (AvgIpc) is 3.03. The van der Waals surface area contributed by atoms with Gasteiger partial charge in [0.05, 0.1) is 24.9 Å². The fourth-order valence-electron chi connectivity index (χ4n) is 5.63. The summed E-state index contributed by atoms with van der Waals surface area (Å²) in [5.74, 6) is 0.0730. The number of nitrogens with one attached hydrogen (secondary N) is 1. The lowest BCUT2D eigenvalue weighted by atomic mass is 9.98. The minimum Gasteiger partial charge on any atom is -0.493 e. The Morgan fingerprint density at radius 2 is 1.64 bits per heavy atom. The lowest BCUT2D eigenvalue weighted by Crippen LogP contribution is -2.41. The van der Waals surface area contributed by atoms with Gasteiger partial charge in [-0.1, -0.05) is 30.7 Å². The quantitative estimate of drug-likeness (QED) is 0.307. The Hall–Kier alpha value is -4.44. The van der Waals surface area contributed by atoms with Gasteiger partial charge in [0, 0.05) is 37.3 Å². The number of carbonyl (C=O) groups excluding carboxylic acids is 2. The van der Waals surface area contributed by atoms with E-state index >= 15 is 0 Å². The molecule has 1 unspecified atom stereocenters. The molecule has 0 saturated carbocycles. The van der Waals surface area contributed by atoms with E-state index in [9.17, 15) is 14.4 Å². The Morgan fingerprint density at radius 3 is 2.30 bits per heavy atom. The Kier molecular flexibility index (Phi) is 10.5. The number of aromatic nitrogens is 1. The highest BCUT2D eigenvalue weighted by atomic mass is 16.6. The zero-order chi connectivity index (χ0) is 30.9. The van der Waals surface area contributed by atoms with Crippen LogP contribution in [-0.2, 0) is 17.8 Å². The van der Waals surface area contributed by atoms with E-state index in [2.05, 4.69) is 22.1 Å². The van der Waals surface area contributed by atoms with E-state index in [1.54, 1.807) is 41.3 Å². The number of benzene rings is 2. The zero-order valence-corrected chi connectivity index (χ0v) is 25.1. The predicted molar refractivity (Wildman–Crippen MR) is 166 cm³/mol. The summed E-state index contributed by atoms with van der Waals surface area (Å²) in [5.41, 5.74) is 3.00. The highest BCUT2D eigenvalue weighted by molar-refractivity contribution is 6.04. The third-order valence-corrected chi connectivity index (χ3v) is 8.37. The molecule has 0 aliphatic carbocycles. The van der Waals surface area contributed by atoms with Crippen LogP contribution in [0, 0.1) is 5.92 Å². The number of carboxylic acid groups (broad SMARTS) is 1. The molecular formula is C34H40N4O6. The highest BCUT2D eigenvalue weighted by Gasteiger charge is 2.25. The summed E-state index contributed by atoms with van der Waals surface area (Å²) >= 11 is 0. The highest BCUT2D eigenvalue weighted by Crippen LogP contribution is 2.22. The molecule has 232 valence electrons. The van der Waals surface area contributed by atoms with E-state index in [1.807, 2.05) is 24.3 Å². The maximum atomic E-state index is 12.8. The number of rotatable bonds is 10. The molecule has 2 fully saturated rings. The van der Waals surface area contributed by atoms with E-state index in [0.717, 1.165) is 31.5 Å². The number of carboxylic acids is 1. The topological polar surface area (TPSA) is 121 Å². The number of amides is 2. The Morgan fingerprint density at radius 1 is 0.909 bits per heavy atom. The van der Waals surface area contributed by atoms with Crippen molar-refractivity contribution in [2.24, 2.45) is 5.92 Å². The van der Waals surface area contributed by atoms with Gasteiger partial charge < -0.3 is 24.8 Å². The summed E-state index contributed by atoms with van der Waals surface area (Å²) in [5, 5.41) is 11.7. The third kappa shape index (κ3) is 8.79. The number of hydrogen-bond acceptors (Lipinski definition) is 7. The fraction of sp³-hybridized carbons (Fsp3) is 0.412. The Balaban J connectivity index is 1.02. The van der Waals surface area contributed by atoms with E-state index in [-0.39, 0.29) is 18.2 Å². The van der Waals surface area contributed by atoms with Gasteiger partial charge in [-0.3, -0.25) is 14.5 Å². The van der Waals surface area contributed by atoms with Gasteiger partial charge in [-0.2, -0.15) is 0 Å². The fourth-order valence-corrected chi connectivity index (χ4v) is 5.63. The third-order valence-electron chi connectivity index (χ3n) is 8.37. The number of nitrogens with zero attached hydrogens (tertiary/aromatic N) is 3. The van der Waals surface area contributed by atoms with Crippen molar-refractivity contribution >= 4 is 23.7 Å². The Labute approximate surface area is 258 Å². The average molecular weight is 601 g/mol. The molecule has 2 aliphatic rings. The van der Waals surface area contributed by atoms with Crippen molar-refractivity contribution in [1.29, 1.82) is 0 Å². The molecule has 0 radical (unpaired) electrons. The molecular weight excluding hydrogens is 560 g/mol. The van der Waals surface area contributed by atoms with Crippen LogP contribution < -0.4 is 14.8 Å². The number of ether oxygens (including phenoxy) is 2. The van der Waals surface area contributed by atoms with Crippen molar-refractivity contribution in [2.45, 2.75) is 58.0 Å². The summed E-state index contributed by atoms with van der Waals surface area (Å²) in [4.78, 5) is 44.6. The van der Waals surface area contributed by atoms with Gasteiger partial charge in [-0.25, -0.2) is 9.78 Å². The minimum atomic E-state index is -0.865. The van der Waals surface area contributed by atoms with E-state index < -0.39 is 12.1 Å². The Bertz CT molecular complexity index is 1400. The second-order valence-corrected chi connectivity index (χ2v) is 11.7. The molecule has 10 nitrogen and oxygen atoms in total. The molecule has 1 aromatic heterocycles. The van der Waals surface area contributed by atoms with Crippen molar-refractivity contribution in [3.05, 3.63) is 83.6 Å². The molecule has 0 bridgehead atoms. The van der Waals surface area contributed by atoms with Crippen LogP contribution in [0.3, 0.4) is 0 Å². The maximum Gasteiger partial charge on any atom is 0.416 e. The largest absolute Gasteiger partial charge is 0.493 e. The summed E-state index contributed by atoms with van der Waals surface area (Å²) in [6.07, 6.45) is 6.34. The van der Waals surface area contributed by atoms with Crippen LogP contribution in [-0.4, -0.2) is 70.1 Å². The van der Waals surface area contributed by atoms with Gasteiger partial charge in [0.2, 0.25) is 5.88 Å². The zero-order valence-electron chi connectivity index (χ0n) is 25.1. The van der Waals surface area contributed by atoms with Crippen molar-refractivity contribution in [3.8, 4) is 11.6 Å². The molecule has 5 rings (SSSR count). The lowest BCUT2D eigenvalue weighted by molar-refractivity contribution is -0.136. The van der Waals surface area contributed by atoms with Crippen LogP contribution in [0.25, 0.3) is 0 Å². The van der Waals surface area contributed by atoms with Crippen molar-refractivity contribution < 1.29 is 29.0 Å². The molecule has 44 heavy (non-hydrogen) atoms. The number of carbonyl (C=O) groups is 3. The van der Waals surface area contributed by atoms with Gasteiger partial charge in [0.1, 0.15) is 5.75 Å². The number of pyridine rings is 1. The first-order valence-corrected chi connectivity index (χ1v) is 15.3. The molecule has 1 atom stereocenters. The summed E-state index contributed by atoms with van der Waals surface area (Å²) < 4.78 is 11.3. The second kappa shape index (κ2) is 14.8. The summed E-state index contributed by atoms with van der Waals surface area (Å²) in [6, 6.07) is 18.6. The predicted octanol–water partition coefficient (Wildman–Crippen LogP) is 5.63. The molecule has 0 spiro atoms. The molecule has 2 aliphatic heterocycles. The lowest BCUT2D eigenvalue weighted by Gasteiger charge is -2.33. The van der Waals surface area contributed by atoms with Crippen LogP contribution in [0.5, 0.6) is 11.6 Å². The second-order valence-electron chi connectivity index (χ2n) is 11.7. The van der Waals surface area contributed by atoms with Gasteiger partial charge in [0.25, 0.3) is 5.91 Å². The van der Waals surface area contributed by atoms with Crippen LogP contribution >= 0.6 is 0 Å². The molecule has 2 aromatic carbocycles. The first kappa shape index (κ1) is 31.0. The van der Waals surface area contributed by atoms with Crippen LogP contribution in [0.15, 0.2) is 66.9 Å². The van der Waals surface area contributed by atoms with Gasteiger partial charge in [-0.15, -0.1) is 0 Å². The molecule has 3 heterocycles. The standard InChI is InChI=1S/C34H40N4O6/c1-24-4-2-3-17-38(24)22-26-5-9-28(10-6-26)33(41)36-29-11-14-31(35-21-29)44-34(42)37-18-15-27(16-19-37)23-43-30-12-7-25(8-13-30)20-32(39)40/h5-14,21,24,27H,2-4,15-20,22-23H2,1H3,(H,36,41)(H,39,40). The maximum absolute atomic E-state index is 12.8. The van der Waals surface area contributed by atoms with Crippen molar-refractivity contribution in [3.63, 3.8) is 0 Å². The molecule has 2 N–H and O–H groups in total. The summed E-state index contributed by atoms with van der Waals surface area (Å²) in [6.45, 7) is 5.92. The molecule has 2 amide bonds.